The van der Waals surface area contributed by atoms with Crippen LogP contribution in [0.3, 0.4) is 0 Å². The summed E-state index contributed by atoms with van der Waals surface area (Å²) in [5.74, 6) is -1.01. The Morgan fingerprint density at radius 3 is 2.00 bits per heavy atom. The molecule has 12 heteroatoms. The van der Waals surface area contributed by atoms with Gasteiger partial charge in [-0.05, 0) is 49.1 Å². The van der Waals surface area contributed by atoms with Crippen molar-refractivity contribution in [3.8, 4) is 5.75 Å². The number of amides is 3. The van der Waals surface area contributed by atoms with E-state index in [1.54, 1.807) is 69.5 Å². The van der Waals surface area contributed by atoms with Crippen molar-refractivity contribution in [2.24, 2.45) is 0 Å². The van der Waals surface area contributed by atoms with Gasteiger partial charge in [0, 0.05) is 19.5 Å². The average Bonchev–Trinajstić information content (AvgIpc) is 3.79. The van der Waals surface area contributed by atoms with Crippen molar-refractivity contribution in [2.45, 2.75) is 57.0 Å². The maximum absolute atomic E-state index is 13.8. The summed E-state index contributed by atoms with van der Waals surface area (Å²) in [5.41, 5.74) is 1.29. The molecule has 44 heavy (non-hydrogen) atoms. The summed E-state index contributed by atoms with van der Waals surface area (Å²) in [7, 11) is 1.55. The van der Waals surface area contributed by atoms with Crippen LogP contribution < -0.4 is 20.7 Å². The van der Waals surface area contributed by atoms with Gasteiger partial charge in [-0.1, -0.05) is 36.4 Å². The van der Waals surface area contributed by atoms with Crippen LogP contribution in [0.4, 0.5) is 0 Å². The zero-order chi connectivity index (χ0) is 31.7. The van der Waals surface area contributed by atoms with E-state index in [0.29, 0.717) is 32.1 Å². The summed E-state index contributed by atoms with van der Waals surface area (Å²) >= 11 is 0. The van der Waals surface area contributed by atoms with E-state index in [0.717, 1.165) is 16.7 Å². The molecule has 2 heterocycles. The number of carbonyl (C=O) groups is 4. The number of Topliss-reactive ketones (excluding diaryl/α,β-unsaturated/α-hetero) is 1. The van der Waals surface area contributed by atoms with Crippen LogP contribution in [0.5, 0.6) is 5.75 Å². The predicted octanol–water partition coefficient (Wildman–Crippen LogP) is 0.137. The zero-order valence-electron chi connectivity index (χ0n) is 25.5. The van der Waals surface area contributed by atoms with Crippen LogP contribution >= 0.6 is 0 Å². The molecule has 2 saturated heterocycles. The molecule has 0 aliphatic carbocycles. The lowest BCUT2D eigenvalue weighted by Gasteiger charge is -2.27. The van der Waals surface area contributed by atoms with Gasteiger partial charge >= 0.3 is 0 Å². The molecule has 0 saturated carbocycles. The Bertz CT molecular complexity index is 1290. The number of carbonyl (C=O) groups excluding carboxylic acids is 4. The van der Waals surface area contributed by atoms with Gasteiger partial charge in [0.25, 0.3) is 0 Å². The fourth-order valence-corrected chi connectivity index (χ4v) is 4.94. The SMILES string of the molecule is COc1ccc(C[C@H](NC(=O)[C@H](C)NC(=O)CN2CCOCC2)C(=O)N[C@@H](Cc2ccc(CO)cc2)C(=O)[C@@]2(C)CO2)cc1. The number of aliphatic hydroxyl groups is 1. The molecule has 0 aromatic heterocycles. The molecule has 3 amide bonds. The highest BCUT2D eigenvalue weighted by molar-refractivity contribution is 5.98. The normalized spacial score (nSPS) is 20.1. The van der Waals surface area contributed by atoms with Gasteiger partial charge in [-0.25, -0.2) is 0 Å². The van der Waals surface area contributed by atoms with Crippen LogP contribution in [0, 0.1) is 0 Å². The van der Waals surface area contributed by atoms with Crippen LogP contribution in [-0.4, -0.2) is 104 Å². The topological polar surface area (TPSA) is 159 Å². The van der Waals surface area contributed by atoms with E-state index in [9.17, 15) is 24.3 Å². The molecule has 0 spiro atoms. The molecular weight excluding hydrogens is 568 g/mol. The Hall–Kier alpha value is -3.84. The third-order valence-corrected chi connectivity index (χ3v) is 7.85. The lowest BCUT2D eigenvalue weighted by atomic mass is 9.94. The summed E-state index contributed by atoms with van der Waals surface area (Å²) < 4.78 is 15.9. The quantitative estimate of drug-likeness (QED) is 0.206. The fraction of sp³-hybridized carbons (Fsp3) is 0.500. The molecular formula is C32H42N4O8. The molecule has 2 aliphatic rings. The molecule has 0 unspecified atom stereocenters. The third kappa shape index (κ3) is 9.33. The Morgan fingerprint density at radius 1 is 0.886 bits per heavy atom. The molecule has 238 valence electrons. The molecule has 0 bridgehead atoms. The van der Waals surface area contributed by atoms with Crippen molar-refractivity contribution in [2.75, 3.05) is 46.6 Å². The van der Waals surface area contributed by atoms with E-state index in [1.807, 2.05) is 4.90 Å². The Labute approximate surface area is 257 Å². The van der Waals surface area contributed by atoms with E-state index in [1.165, 1.54) is 0 Å². The molecule has 4 N–H and O–H groups in total. The monoisotopic (exact) mass is 610 g/mol. The molecule has 0 radical (unpaired) electrons. The van der Waals surface area contributed by atoms with E-state index in [-0.39, 0.29) is 44.3 Å². The van der Waals surface area contributed by atoms with Crippen molar-refractivity contribution >= 4 is 23.5 Å². The average molecular weight is 611 g/mol. The number of morpholine rings is 1. The number of nitrogens with one attached hydrogen (secondary N) is 3. The van der Waals surface area contributed by atoms with Crippen molar-refractivity contribution in [3.05, 3.63) is 65.2 Å². The zero-order valence-corrected chi connectivity index (χ0v) is 25.5. The first kappa shape index (κ1) is 33.1. The first-order valence-corrected chi connectivity index (χ1v) is 14.8. The van der Waals surface area contributed by atoms with Gasteiger partial charge in [0.15, 0.2) is 5.78 Å². The second kappa shape index (κ2) is 15.2. The fourth-order valence-electron chi connectivity index (χ4n) is 4.94. The number of aliphatic hydroxyl groups excluding tert-OH is 1. The molecule has 4 rings (SSSR count). The first-order chi connectivity index (χ1) is 21.1. The molecule has 2 aromatic carbocycles. The molecule has 12 nitrogen and oxygen atoms in total. The first-order valence-electron chi connectivity index (χ1n) is 14.8. The molecule has 2 aromatic rings. The summed E-state index contributed by atoms with van der Waals surface area (Å²) in [5, 5.41) is 17.7. The van der Waals surface area contributed by atoms with Crippen LogP contribution in [-0.2, 0) is 48.1 Å². The number of nitrogens with zero attached hydrogens (tertiary/aromatic N) is 1. The summed E-state index contributed by atoms with van der Waals surface area (Å²) in [6.45, 7) is 5.90. The minimum absolute atomic E-state index is 0.107. The van der Waals surface area contributed by atoms with Crippen molar-refractivity contribution in [1.29, 1.82) is 0 Å². The number of hydrogen-bond donors (Lipinski definition) is 4. The van der Waals surface area contributed by atoms with Gasteiger partial charge in [-0.3, -0.25) is 24.1 Å². The number of hydrogen-bond acceptors (Lipinski definition) is 9. The third-order valence-electron chi connectivity index (χ3n) is 7.85. The molecule has 4 atom stereocenters. The Kier molecular flexibility index (Phi) is 11.5. The second-order valence-electron chi connectivity index (χ2n) is 11.4. The number of benzene rings is 2. The largest absolute Gasteiger partial charge is 0.497 e. The maximum Gasteiger partial charge on any atom is 0.243 e. The van der Waals surface area contributed by atoms with Gasteiger partial charge in [0.05, 0.1) is 46.1 Å². The smallest absolute Gasteiger partial charge is 0.243 e. The van der Waals surface area contributed by atoms with Crippen molar-refractivity contribution in [3.63, 3.8) is 0 Å². The van der Waals surface area contributed by atoms with Crippen molar-refractivity contribution in [1.82, 2.24) is 20.9 Å². The lowest BCUT2D eigenvalue weighted by molar-refractivity contribution is -0.134. The Morgan fingerprint density at radius 2 is 1.43 bits per heavy atom. The number of ether oxygens (including phenoxy) is 3. The predicted molar refractivity (Wildman–Crippen MR) is 161 cm³/mol. The number of rotatable bonds is 15. The second-order valence-corrected chi connectivity index (χ2v) is 11.4. The summed E-state index contributed by atoms with van der Waals surface area (Å²) in [6, 6.07) is 11.3. The van der Waals surface area contributed by atoms with Gasteiger partial charge in [0.1, 0.15) is 23.4 Å². The number of epoxide rings is 1. The Balaban J connectivity index is 1.47. The van der Waals surface area contributed by atoms with E-state index in [4.69, 9.17) is 14.2 Å². The minimum Gasteiger partial charge on any atom is -0.497 e. The van der Waals surface area contributed by atoms with Crippen molar-refractivity contribution < 1.29 is 38.5 Å². The minimum atomic E-state index is -1.05. The standard InChI is InChI=1S/C32H42N4O8/c1-21(33-28(38)18-36-12-14-43-15-13-36)30(40)35-27(17-23-8-10-25(42-3)11-9-23)31(41)34-26(29(39)32(2)20-44-32)16-22-4-6-24(19-37)7-5-22/h4-11,21,26-27,37H,12-20H2,1-3H3,(H,33,38)(H,34,41)(H,35,40)/t21-,26-,27-,32+/m0/s1. The highest BCUT2D eigenvalue weighted by Gasteiger charge is 2.50. The maximum atomic E-state index is 13.8. The number of methoxy groups -OCH3 is 1. The van der Waals surface area contributed by atoms with Crippen LogP contribution in [0.15, 0.2) is 48.5 Å². The van der Waals surface area contributed by atoms with Crippen LogP contribution in [0.25, 0.3) is 0 Å². The summed E-state index contributed by atoms with van der Waals surface area (Å²) in [4.78, 5) is 55.0. The van der Waals surface area contributed by atoms with Crippen LogP contribution in [0.1, 0.15) is 30.5 Å². The van der Waals surface area contributed by atoms with Crippen LogP contribution in [0.2, 0.25) is 0 Å². The molecule has 2 fully saturated rings. The highest BCUT2D eigenvalue weighted by atomic mass is 16.6. The van der Waals surface area contributed by atoms with E-state index >= 15 is 0 Å². The summed E-state index contributed by atoms with van der Waals surface area (Å²) in [6.07, 6.45) is 0.336. The lowest BCUT2D eigenvalue weighted by Crippen LogP contribution is -2.57. The van der Waals surface area contributed by atoms with Gasteiger partial charge in [-0.15, -0.1) is 0 Å². The van der Waals surface area contributed by atoms with Gasteiger partial charge in [0.2, 0.25) is 17.7 Å². The van der Waals surface area contributed by atoms with E-state index in [2.05, 4.69) is 16.0 Å². The van der Waals surface area contributed by atoms with Gasteiger partial charge < -0.3 is 35.3 Å². The van der Waals surface area contributed by atoms with E-state index < -0.39 is 35.5 Å². The molecule has 2 aliphatic heterocycles. The van der Waals surface area contributed by atoms with Gasteiger partial charge in [-0.2, -0.15) is 0 Å². The number of ketones is 1. The highest BCUT2D eigenvalue weighted by Crippen LogP contribution is 2.29.